The monoisotopic (exact) mass is 387 g/mol. The predicted molar refractivity (Wildman–Crippen MR) is 107 cm³/mol. The van der Waals surface area contributed by atoms with Crippen molar-refractivity contribution in [2.24, 2.45) is 5.92 Å². The van der Waals surface area contributed by atoms with Crippen LogP contribution >= 0.6 is 0 Å². The standard InChI is InChI=1S/C17H25N3.C4H4O4/c1-14(2)12-20(17-6-8-19-9-7-17)13-16-5-3-4-15(10-16)11-18;5-3(6)1-2-4(7)8/h3-5,10,14,17,19H,6-9,12-13H2,1-2H3;1-2H,(H,5,6)(H,7,8). The van der Waals surface area contributed by atoms with Gasteiger partial charge < -0.3 is 15.5 Å². The molecule has 2 rings (SSSR count). The zero-order valence-corrected chi connectivity index (χ0v) is 16.5. The Kier molecular flexibility index (Phi) is 10.6. The zero-order chi connectivity index (χ0) is 20.9. The molecule has 0 radical (unpaired) electrons. The molecule has 1 fully saturated rings. The van der Waals surface area contributed by atoms with Crippen molar-refractivity contribution in [1.82, 2.24) is 10.2 Å². The molecule has 0 aliphatic carbocycles. The number of benzene rings is 1. The summed E-state index contributed by atoms with van der Waals surface area (Å²) in [6.45, 7) is 8.88. The summed E-state index contributed by atoms with van der Waals surface area (Å²) in [7, 11) is 0. The number of hydrogen-bond acceptors (Lipinski definition) is 5. The van der Waals surface area contributed by atoms with Crippen molar-refractivity contribution in [3.05, 3.63) is 47.5 Å². The minimum atomic E-state index is -1.26. The van der Waals surface area contributed by atoms with Crippen molar-refractivity contribution in [1.29, 1.82) is 5.26 Å². The van der Waals surface area contributed by atoms with Gasteiger partial charge in [-0.3, -0.25) is 4.90 Å². The highest BCUT2D eigenvalue weighted by molar-refractivity contribution is 5.89. The van der Waals surface area contributed by atoms with Crippen LogP contribution in [-0.4, -0.2) is 52.7 Å². The van der Waals surface area contributed by atoms with Crippen molar-refractivity contribution in [3.63, 3.8) is 0 Å². The number of nitrogens with one attached hydrogen (secondary N) is 1. The van der Waals surface area contributed by atoms with Gasteiger partial charge in [0.2, 0.25) is 0 Å². The van der Waals surface area contributed by atoms with Crippen LogP contribution in [0.25, 0.3) is 0 Å². The lowest BCUT2D eigenvalue weighted by molar-refractivity contribution is -0.134. The van der Waals surface area contributed by atoms with Gasteiger partial charge in [0.15, 0.2) is 0 Å². The molecule has 1 aliphatic heterocycles. The first-order chi connectivity index (χ1) is 13.3. The maximum atomic E-state index is 9.55. The molecule has 1 aromatic carbocycles. The molecule has 0 unspecified atom stereocenters. The Labute approximate surface area is 166 Å². The molecule has 1 aliphatic rings. The number of nitriles is 1. The van der Waals surface area contributed by atoms with Crippen molar-refractivity contribution < 1.29 is 19.8 Å². The maximum absolute atomic E-state index is 9.55. The third-order valence-electron chi connectivity index (χ3n) is 4.23. The van der Waals surface area contributed by atoms with E-state index in [2.05, 4.69) is 36.2 Å². The highest BCUT2D eigenvalue weighted by atomic mass is 16.4. The predicted octanol–water partition coefficient (Wildman–Crippen LogP) is 2.48. The topological polar surface area (TPSA) is 114 Å². The average molecular weight is 387 g/mol. The fourth-order valence-electron chi connectivity index (χ4n) is 3.10. The van der Waals surface area contributed by atoms with Crippen molar-refractivity contribution in [2.75, 3.05) is 19.6 Å². The number of rotatable bonds is 7. The second-order valence-electron chi connectivity index (χ2n) is 7.13. The number of nitrogens with zero attached hydrogens (tertiary/aromatic N) is 2. The van der Waals surface area contributed by atoms with E-state index in [1.54, 1.807) is 0 Å². The van der Waals surface area contributed by atoms with Gasteiger partial charge in [0.05, 0.1) is 11.6 Å². The van der Waals surface area contributed by atoms with E-state index in [1.807, 2.05) is 18.2 Å². The van der Waals surface area contributed by atoms with Gasteiger partial charge in [0.25, 0.3) is 0 Å². The summed E-state index contributed by atoms with van der Waals surface area (Å²) in [5, 5.41) is 28.1. The van der Waals surface area contributed by atoms with Crippen LogP contribution in [0, 0.1) is 17.2 Å². The molecule has 0 bridgehead atoms. The molecule has 0 atom stereocenters. The lowest BCUT2D eigenvalue weighted by atomic mass is 10.0. The Morgan fingerprint density at radius 3 is 2.36 bits per heavy atom. The summed E-state index contributed by atoms with van der Waals surface area (Å²) in [5.74, 6) is -1.84. The third kappa shape index (κ3) is 9.86. The van der Waals surface area contributed by atoms with Gasteiger partial charge in [-0.1, -0.05) is 26.0 Å². The first-order valence-corrected chi connectivity index (χ1v) is 9.39. The van der Waals surface area contributed by atoms with E-state index in [0.717, 1.165) is 31.7 Å². The smallest absolute Gasteiger partial charge is 0.328 e. The summed E-state index contributed by atoms with van der Waals surface area (Å²) in [6, 6.07) is 10.9. The van der Waals surface area contributed by atoms with E-state index in [1.165, 1.54) is 18.4 Å². The Morgan fingerprint density at radius 1 is 1.25 bits per heavy atom. The Bertz CT molecular complexity index is 688. The maximum Gasteiger partial charge on any atom is 0.328 e. The quantitative estimate of drug-likeness (QED) is 0.616. The second-order valence-corrected chi connectivity index (χ2v) is 7.13. The summed E-state index contributed by atoms with van der Waals surface area (Å²) in [6.07, 6.45) is 3.57. The summed E-state index contributed by atoms with van der Waals surface area (Å²) >= 11 is 0. The fourth-order valence-corrected chi connectivity index (χ4v) is 3.10. The Hall–Kier alpha value is -2.69. The van der Waals surface area contributed by atoms with Gasteiger partial charge in [-0.15, -0.1) is 0 Å². The number of hydrogen-bond donors (Lipinski definition) is 3. The molecule has 1 aromatic rings. The molecule has 0 saturated carbocycles. The molecular formula is C21H29N3O4. The number of piperidine rings is 1. The normalized spacial score (nSPS) is 14.5. The molecule has 0 aromatic heterocycles. The van der Waals surface area contributed by atoms with E-state index in [-0.39, 0.29) is 0 Å². The van der Waals surface area contributed by atoms with Gasteiger partial charge in [0.1, 0.15) is 0 Å². The molecule has 0 spiro atoms. The molecule has 3 N–H and O–H groups in total. The Balaban J connectivity index is 0.000000416. The van der Waals surface area contributed by atoms with Crippen LogP contribution in [0.3, 0.4) is 0 Å². The van der Waals surface area contributed by atoms with Crippen LogP contribution in [0.2, 0.25) is 0 Å². The van der Waals surface area contributed by atoms with Crippen LogP contribution in [0.5, 0.6) is 0 Å². The molecular weight excluding hydrogens is 358 g/mol. The highest BCUT2D eigenvalue weighted by Gasteiger charge is 2.21. The molecule has 1 saturated heterocycles. The van der Waals surface area contributed by atoms with Crippen LogP contribution < -0.4 is 5.32 Å². The lowest BCUT2D eigenvalue weighted by Gasteiger charge is -2.35. The zero-order valence-electron chi connectivity index (χ0n) is 16.5. The van der Waals surface area contributed by atoms with Crippen LogP contribution in [0.4, 0.5) is 0 Å². The van der Waals surface area contributed by atoms with Gasteiger partial charge in [-0.25, -0.2) is 9.59 Å². The van der Waals surface area contributed by atoms with E-state index in [9.17, 15) is 9.59 Å². The van der Waals surface area contributed by atoms with Crippen molar-refractivity contribution in [3.8, 4) is 6.07 Å². The fraction of sp³-hybridized carbons (Fsp3) is 0.476. The van der Waals surface area contributed by atoms with Gasteiger partial charge in [-0.2, -0.15) is 5.26 Å². The number of carboxylic acid groups (broad SMARTS) is 2. The van der Waals surface area contributed by atoms with Gasteiger partial charge >= 0.3 is 11.9 Å². The van der Waals surface area contributed by atoms with Gasteiger partial charge in [0, 0.05) is 31.3 Å². The van der Waals surface area contributed by atoms with E-state index in [4.69, 9.17) is 15.5 Å². The summed E-state index contributed by atoms with van der Waals surface area (Å²) in [4.78, 5) is 21.7. The SMILES string of the molecule is CC(C)CN(Cc1cccc(C#N)c1)C1CCNCC1.O=C(O)C=CC(=O)O. The van der Waals surface area contributed by atoms with Gasteiger partial charge in [-0.05, 0) is 49.5 Å². The summed E-state index contributed by atoms with van der Waals surface area (Å²) in [5.41, 5.74) is 2.01. The average Bonchev–Trinajstić information content (AvgIpc) is 2.67. The molecule has 1 heterocycles. The van der Waals surface area contributed by atoms with Crippen LogP contribution in [0.1, 0.15) is 37.8 Å². The number of carbonyl (C=O) groups is 2. The second kappa shape index (κ2) is 12.7. The Morgan fingerprint density at radius 2 is 1.86 bits per heavy atom. The minimum absolute atomic E-state index is 0.558. The van der Waals surface area contributed by atoms with E-state index in [0.29, 0.717) is 24.1 Å². The third-order valence-corrected chi connectivity index (χ3v) is 4.23. The highest BCUT2D eigenvalue weighted by Crippen LogP contribution is 2.18. The number of aliphatic carboxylic acids is 2. The minimum Gasteiger partial charge on any atom is -0.478 e. The first-order valence-electron chi connectivity index (χ1n) is 9.39. The number of carboxylic acids is 2. The van der Waals surface area contributed by atoms with E-state index < -0.39 is 11.9 Å². The van der Waals surface area contributed by atoms with E-state index >= 15 is 0 Å². The molecule has 0 amide bonds. The lowest BCUT2D eigenvalue weighted by Crippen LogP contribution is -2.44. The molecule has 28 heavy (non-hydrogen) atoms. The summed E-state index contributed by atoms with van der Waals surface area (Å²) < 4.78 is 0. The van der Waals surface area contributed by atoms with Crippen molar-refractivity contribution in [2.45, 2.75) is 39.3 Å². The first kappa shape index (κ1) is 23.3. The van der Waals surface area contributed by atoms with Crippen molar-refractivity contribution >= 4 is 11.9 Å². The van der Waals surface area contributed by atoms with Crippen LogP contribution in [-0.2, 0) is 16.1 Å². The molecule has 7 heteroatoms. The van der Waals surface area contributed by atoms with Crippen LogP contribution in [0.15, 0.2) is 36.4 Å². The largest absolute Gasteiger partial charge is 0.478 e. The molecule has 152 valence electrons. The molecule has 7 nitrogen and oxygen atoms in total.